The van der Waals surface area contributed by atoms with E-state index in [0.717, 1.165) is 10.9 Å². The Kier molecular flexibility index (Phi) is 4.23. The first kappa shape index (κ1) is 14.3. The third-order valence-electron chi connectivity index (χ3n) is 2.58. The molecule has 2 aromatic rings. The Bertz CT molecular complexity index is 597. The van der Waals surface area contributed by atoms with Gasteiger partial charge in [0.1, 0.15) is 16.9 Å². The normalized spacial score (nSPS) is 11.3. The minimum atomic E-state index is -0.460. The lowest BCUT2D eigenvalue weighted by Gasteiger charge is -2.19. The lowest BCUT2D eigenvalue weighted by atomic mass is 10.2. The van der Waals surface area contributed by atoms with E-state index in [1.165, 1.54) is 0 Å². The molecule has 2 rings (SSSR count). The quantitative estimate of drug-likeness (QED) is 0.802. The van der Waals surface area contributed by atoms with Crippen molar-refractivity contribution in [1.29, 1.82) is 0 Å². The Morgan fingerprint density at radius 1 is 1.20 bits per heavy atom. The second kappa shape index (κ2) is 5.90. The van der Waals surface area contributed by atoms with Crippen molar-refractivity contribution in [2.45, 2.75) is 32.8 Å². The topological polar surface area (TPSA) is 48.4 Å². The van der Waals surface area contributed by atoms with Crippen molar-refractivity contribution in [1.82, 2.24) is 4.98 Å². The highest BCUT2D eigenvalue weighted by atomic mass is 16.6. The fourth-order valence-corrected chi connectivity index (χ4v) is 1.83. The number of esters is 1. The molecule has 0 saturated carbocycles. The van der Waals surface area contributed by atoms with E-state index in [4.69, 9.17) is 9.47 Å². The molecular weight excluding hydrogens is 254 g/mol. The molecule has 0 bridgehead atoms. The smallest absolute Gasteiger partial charge is 0.309 e. The van der Waals surface area contributed by atoms with Gasteiger partial charge in [0.2, 0.25) is 0 Å². The number of benzene rings is 1. The first-order valence-corrected chi connectivity index (χ1v) is 6.64. The predicted molar refractivity (Wildman–Crippen MR) is 77.7 cm³/mol. The van der Waals surface area contributed by atoms with Crippen LogP contribution in [0.3, 0.4) is 0 Å². The second-order valence-electron chi connectivity index (χ2n) is 5.52. The summed E-state index contributed by atoms with van der Waals surface area (Å²) in [5, 5.41) is 1.02. The highest BCUT2D eigenvalue weighted by Gasteiger charge is 2.16. The largest absolute Gasteiger partial charge is 0.491 e. The number of rotatable bonds is 4. The number of pyridine rings is 1. The molecule has 1 aromatic heterocycles. The van der Waals surface area contributed by atoms with Crippen molar-refractivity contribution < 1.29 is 14.3 Å². The van der Waals surface area contributed by atoms with Crippen LogP contribution < -0.4 is 4.74 Å². The molecule has 0 aliphatic rings. The lowest BCUT2D eigenvalue weighted by Crippen LogP contribution is -2.24. The summed E-state index contributed by atoms with van der Waals surface area (Å²) in [4.78, 5) is 15.9. The van der Waals surface area contributed by atoms with Gasteiger partial charge < -0.3 is 9.47 Å². The van der Waals surface area contributed by atoms with Gasteiger partial charge in [-0.15, -0.1) is 0 Å². The van der Waals surface area contributed by atoms with Crippen molar-refractivity contribution in [2.75, 3.05) is 6.61 Å². The highest BCUT2D eigenvalue weighted by Crippen LogP contribution is 2.23. The molecule has 4 nitrogen and oxygen atoms in total. The van der Waals surface area contributed by atoms with Gasteiger partial charge in [-0.25, -0.2) is 0 Å². The van der Waals surface area contributed by atoms with E-state index in [1.54, 1.807) is 6.20 Å². The van der Waals surface area contributed by atoms with Crippen LogP contribution in [0.5, 0.6) is 5.75 Å². The summed E-state index contributed by atoms with van der Waals surface area (Å²) >= 11 is 0. The van der Waals surface area contributed by atoms with Crippen LogP contribution in [0.25, 0.3) is 10.9 Å². The molecular formula is C16H19NO3. The molecule has 0 radical (unpaired) electrons. The van der Waals surface area contributed by atoms with Crippen molar-refractivity contribution in [3.05, 3.63) is 36.5 Å². The van der Waals surface area contributed by atoms with Crippen molar-refractivity contribution in [3.63, 3.8) is 0 Å². The van der Waals surface area contributed by atoms with E-state index in [-0.39, 0.29) is 19.0 Å². The van der Waals surface area contributed by atoms with Gasteiger partial charge in [0.15, 0.2) is 0 Å². The standard InChI is InChI=1S/C16H19NO3/c1-16(2,3)20-14(18)9-11-19-13-8-4-6-12-7-5-10-17-15(12)13/h4-8,10H,9,11H2,1-3H3. The maximum Gasteiger partial charge on any atom is 0.309 e. The van der Waals surface area contributed by atoms with Crippen LogP contribution in [0.15, 0.2) is 36.5 Å². The lowest BCUT2D eigenvalue weighted by molar-refractivity contribution is -0.155. The van der Waals surface area contributed by atoms with Crippen LogP contribution in [0.1, 0.15) is 27.2 Å². The average molecular weight is 273 g/mol. The summed E-state index contributed by atoms with van der Waals surface area (Å²) in [7, 11) is 0. The second-order valence-corrected chi connectivity index (χ2v) is 5.52. The van der Waals surface area contributed by atoms with E-state index in [9.17, 15) is 4.79 Å². The van der Waals surface area contributed by atoms with Crippen LogP contribution in [0.2, 0.25) is 0 Å². The van der Waals surface area contributed by atoms with Crippen molar-refractivity contribution in [2.24, 2.45) is 0 Å². The average Bonchev–Trinajstić information content (AvgIpc) is 2.37. The number of ether oxygens (including phenoxy) is 2. The molecule has 1 heterocycles. The minimum absolute atomic E-state index is 0.223. The van der Waals surface area contributed by atoms with Crippen LogP contribution >= 0.6 is 0 Å². The molecule has 4 heteroatoms. The van der Waals surface area contributed by atoms with Gasteiger partial charge in [0, 0.05) is 11.6 Å². The van der Waals surface area contributed by atoms with Crippen molar-refractivity contribution in [3.8, 4) is 5.75 Å². The van der Waals surface area contributed by atoms with Crippen LogP contribution in [-0.2, 0) is 9.53 Å². The Labute approximate surface area is 118 Å². The number of carbonyl (C=O) groups is 1. The number of hydrogen-bond acceptors (Lipinski definition) is 4. The summed E-state index contributed by atoms with van der Waals surface area (Å²) in [6.07, 6.45) is 1.95. The van der Waals surface area contributed by atoms with Gasteiger partial charge in [-0.3, -0.25) is 9.78 Å². The molecule has 0 saturated heterocycles. The van der Waals surface area contributed by atoms with Crippen LogP contribution in [-0.4, -0.2) is 23.2 Å². The first-order valence-electron chi connectivity index (χ1n) is 6.64. The number of nitrogens with zero attached hydrogens (tertiary/aromatic N) is 1. The Morgan fingerprint density at radius 3 is 2.70 bits per heavy atom. The molecule has 106 valence electrons. The van der Waals surface area contributed by atoms with E-state index >= 15 is 0 Å². The van der Waals surface area contributed by atoms with Crippen molar-refractivity contribution >= 4 is 16.9 Å². The molecule has 1 aromatic carbocycles. The van der Waals surface area contributed by atoms with E-state index in [1.807, 2.05) is 51.1 Å². The van der Waals surface area contributed by atoms with E-state index < -0.39 is 5.60 Å². The third kappa shape index (κ3) is 3.95. The molecule has 0 unspecified atom stereocenters. The summed E-state index contributed by atoms with van der Waals surface area (Å²) in [5.74, 6) is 0.428. The SMILES string of the molecule is CC(C)(C)OC(=O)CCOc1cccc2cccnc12. The first-order chi connectivity index (χ1) is 9.46. The molecule has 0 spiro atoms. The highest BCUT2D eigenvalue weighted by molar-refractivity contribution is 5.84. The number of fused-ring (bicyclic) bond motifs is 1. The zero-order chi connectivity index (χ0) is 14.6. The molecule has 0 fully saturated rings. The third-order valence-corrected chi connectivity index (χ3v) is 2.58. The molecule has 0 aliphatic carbocycles. The predicted octanol–water partition coefficient (Wildman–Crippen LogP) is 3.35. The van der Waals surface area contributed by atoms with Gasteiger partial charge in [0.05, 0.1) is 13.0 Å². The Balaban J connectivity index is 1.95. The minimum Gasteiger partial charge on any atom is -0.491 e. The van der Waals surface area contributed by atoms with Crippen LogP contribution in [0.4, 0.5) is 0 Å². The van der Waals surface area contributed by atoms with Gasteiger partial charge in [-0.1, -0.05) is 18.2 Å². The summed E-state index contributed by atoms with van der Waals surface area (Å²) in [5.41, 5.74) is 0.345. The zero-order valence-electron chi connectivity index (χ0n) is 12.1. The van der Waals surface area contributed by atoms with Gasteiger partial charge in [0.25, 0.3) is 0 Å². The Hall–Kier alpha value is -2.10. The molecule has 0 N–H and O–H groups in total. The van der Waals surface area contributed by atoms with Gasteiger partial charge >= 0.3 is 5.97 Å². The molecule has 0 atom stereocenters. The fourth-order valence-electron chi connectivity index (χ4n) is 1.83. The Morgan fingerprint density at radius 2 is 1.95 bits per heavy atom. The molecule has 20 heavy (non-hydrogen) atoms. The maximum atomic E-state index is 11.6. The summed E-state index contributed by atoms with van der Waals surface area (Å²) in [6.45, 7) is 5.83. The zero-order valence-corrected chi connectivity index (χ0v) is 12.1. The molecule has 0 amide bonds. The van der Waals surface area contributed by atoms with Gasteiger partial charge in [-0.05, 0) is 32.9 Å². The molecule has 0 aliphatic heterocycles. The summed E-state index contributed by atoms with van der Waals surface area (Å²) in [6, 6.07) is 9.59. The van der Waals surface area contributed by atoms with E-state index in [0.29, 0.717) is 5.75 Å². The summed E-state index contributed by atoms with van der Waals surface area (Å²) < 4.78 is 10.9. The number of aromatic nitrogens is 1. The number of para-hydroxylation sites is 1. The van der Waals surface area contributed by atoms with Crippen LogP contribution in [0, 0.1) is 0 Å². The van der Waals surface area contributed by atoms with Gasteiger partial charge in [-0.2, -0.15) is 0 Å². The number of carbonyl (C=O) groups excluding carboxylic acids is 1. The monoisotopic (exact) mass is 273 g/mol. The number of hydrogen-bond donors (Lipinski definition) is 0. The maximum absolute atomic E-state index is 11.6. The van der Waals surface area contributed by atoms with E-state index in [2.05, 4.69) is 4.98 Å². The fraction of sp³-hybridized carbons (Fsp3) is 0.375.